The van der Waals surface area contributed by atoms with E-state index in [0.717, 1.165) is 6.07 Å². The fraction of sp³-hybridized carbons (Fsp3) is 0.333. The molecule has 0 radical (unpaired) electrons. The number of amides is 1. The van der Waals surface area contributed by atoms with Crippen LogP contribution in [0, 0.1) is 0 Å². The van der Waals surface area contributed by atoms with Crippen LogP contribution in [0.5, 0.6) is 0 Å². The second-order valence-corrected chi connectivity index (χ2v) is 3.40. The van der Waals surface area contributed by atoms with Gasteiger partial charge in [-0.25, -0.2) is 9.59 Å². The molecule has 1 rings (SSSR count). The molecule has 1 aromatic heterocycles. The Morgan fingerprint density at radius 2 is 2.00 bits per heavy atom. The van der Waals surface area contributed by atoms with E-state index in [9.17, 15) is 19.2 Å². The summed E-state index contributed by atoms with van der Waals surface area (Å²) in [7, 11) is 0. The molecule has 1 amide bonds. The van der Waals surface area contributed by atoms with Crippen LogP contribution in [-0.2, 0) is 4.79 Å². The first-order valence-corrected chi connectivity index (χ1v) is 4.93. The molecule has 18 heavy (non-hydrogen) atoms. The lowest BCUT2D eigenvalue weighted by atomic mass is 10.2. The lowest BCUT2D eigenvalue weighted by Gasteiger charge is -2.06. The maximum absolute atomic E-state index is 11.4. The van der Waals surface area contributed by atoms with Crippen LogP contribution in [0.3, 0.4) is 0 Å². The average molecular weight is 257 g/mol. The van der Waals surface area contributed by atoms with Crippen LogP contribution in [0.2, 0.25) is 0 Å². The normalized spacial score (nSPS) is 11.8. The summed E-state index contributed by atoms with van der Waals surface area (Å²) in [6.45, 7) is -0.110. The van der Waals surface area contributed by atoms with Gasteiger partial charge in [-0.1, -0.05) is 0 Å². The van der Waals surface area contributed by atoms with Crippen molar-refractivity contribution in [3.63, 3.8) is 0 Å². The monoisotopic (exact) mass is 257 g/mol. The van der Waals surface area contributed by atoms with Crippen molar-refractivity contribution in [2.45, 2.75) is 12.5 Å². The molecule has 0 bridgehead atoms. The molecule has 1 atom stereocenters. The third-order valence-electron chi connectivity index (χ3n) is 1.99. The van der Waals surface area contributed by atoms with Gasteiger partial charge in [0.15, 0.2) is 6.10 Å². The van der Waals surface area contributed by atoms with Crippen molar-refractivity contribution in [2.75, 3.05) is 6.54 Å². The Balaban J connectivity index is 2.58. The van der Waals surface area contributed by atoms with E-state index in [1.54, 1.807) is 0 Å². The Bertz CT molecular complexity index is 532. The van der Waals surface area contributed by atoms with Gasteiger partial charge in [0.1, 0.15) is 5.69 Å². The van der Waals surface area contributed by atoms with Crippen molar-refractivity contribution in [2.24, 2.45) is 0 Å². The molecule has 0 saturated heterocycles. The molecule has 1 aromatic rings. The molecule has 0 fully saturated rings. The number of aliphatic carboxylic acids is 1. The number of H-pyrrole nitrogens is 2. The molecular formula is C9H11N3O6. The molecule has 0 aliphatic carbocycles. The second-order valence-electron chi connectivity index (χ2n) is 3.40. The number of hydrogen-bond acceptors (Lipinski definition) is 5. The van der Waals surface area contributed by atoms with Gasteiger partial charge in [0, 0.05) is 19.0 Å². The minimum absolute atomic E-state index is 0.110. The third kappa shape index (κ3) is 3.87. The maximum Gasteiger partial charge on any atom is 0.332 e. The average Bonchev–Trinajstić information content (AvgIpc) is 2.27. The number of carboxylic acids is 1. The van der Waals surface area contributed by atoms with Crippen molar-refractivity contribution in [1.29, 1.82) is 0 Å². The predicted molar refractivity (Wildman–Crippen MR) is 58.3 cm³/mol. The summed E-state index contributed by atoms with van der Waals surface area (Å²) >= 11 is 0. The van der Waals surface area contributed by atoms with Gasteiger partial charge >= 0.3 is 11.7 Å². The number of aromatic amines is 2. The Morgan fingerprint density at radius 1 is 1.33 bits per heavy atom. The lowest BCUT2D eigenvalue weighted by molar-refractivity contribution is -0.146. The number of aliphatic hydroxyl groups excluding tert-OH is 1. The van der Waals surface area contributed by atoms with Crippen LogP contribution in [0.25, 0.3) is 0 Å². The van der Waals surface area contributed by atoms with Crippen molar-refractivity contribution in [3.8, 4) is 0 Å². The number of rotatable bonds is 5. The molecule has 0 saturated carbocycles. The first-order chi connectivity index (χ1) is 8.40. The van der Waals surface area contributed by atoms with Crippen LogP contribution in [-0.4, -0.2) is 44.7 Å². The van der Waals surface area contributed by atoms with Crippen molar-refractivity contribution in [1.82, 2.24) is 15.3 Å². The molecule has 0 spiro atoms. The van der Waals surface area contributed by atoms with E-state index in [-0.39, 0.29) is 18.7 Å². The summed E-state index contributed by atoms with van der Waals surface area (Å²) in [5.74, 6) is -2.13. The highest BCUT2D eigenvalue weighted by Gasteiger charge is 2.13. The highest BCUT2D eigenvalue weighted by Crippen LogP contribution is 1.91. The second kappa shape index (κ2) is 5.77. The third-order valence-corrected chi connectivity index (χ3v) is 1.99. The smallest absolute Gasteiger partial charge is 0.332 e. The Labute approximate surface area is 99.5 Å². The van der Waals surface area contributed by atoms with E-state index >= 15 is 0 Å². The highest BCUT2D eigenvalue weighted by atomic mass is 16.4. The lowest BCUT2D eigenvalue weighted by Crippen LogP contribution is -2.33. The topological polar surface area (TPSA) is 152 Å². The zero-order chi connectivity index (χ0) is 13.7. The van der Waals surface area contributed by atoms with Gasteiger partial charge < -0.3 is 20.5 Å². The Kier molecular flexibility index (Phi) is 4.38. The quantitative estimate of drug-likeness (QED) is 0.397. The van der Waals surface area contributed by atoms with E-state index in [2.05, 4.69) is 10.3 Å². The molecule has 98 valence electrons. The number of carbonyl (C=O) groups excluding carboxylic acids is 1. The molecule has 5 N–H and O–H groups in total. The molecule has 0 aromatic carbocycles. The fourth-order valence-corrected chi connectivity index (χ4v) is 1.13. The molecule has 9 heteroatoms. The maximum atomic E-state index is 11.4. The van der Waals surface area contributed by atoms with Crippen LogP contribution in [0.15, 0.2) is 15.7 Å². The summed E-state index contributed by atoms with van der Waals surface area (Å²) < 4.78 is 0. The van der Waals surface area contributed by atoms with Gasteiger partial charge in [0.2, 0.25) is 0 Å². The molecule has 0 aliphatic heterocycles. The van der Waals surface area contributed by atoms with Gasteiger partial charge in [-0.3, -0.25) is 14.6 Å². The van der Waals surface area contributed by atoms with Crippen LogP contribution >= 0.6 is 0 Å². The molecule has 0 aliphatic rings. The largest absolute Gasteiger partial charge is 0.479 e. The van der Waals surface area contributed by atoms with E-state index in [1.165, 1.54) is 0 Å². The SMILES string of the molecule is O=C(NCC[C@H](O)C(=O)O)c1cc(=O)[nH]c(=O)[nH]1. The fourth-order valence-electron chi connectivity index (χ4n) is 1.13. The van der Waals surface area contributed by atoms with Crippen molar-refractivity contribution in [3.05, 3.63) is 32.6 Å². The predicted octanol–water partition coefficient (Wildman–Crippen LogP) is -2.37. The van der Waals surface area contributed by atoms with Crippen molar-refractivity contribution < 1.29 is 19.8 Å². The van der Waals surface area contributed by atoms with Gasteiger partial charge in [-0.15, -0.1) is 0 Å². The van der Waals surface area contributed by atoms with E-state index < -0.39 is 29.2 Å². The minimum Gasteiger partial charge on any atom is -0.479 e. The molecule has 0 unspecified atom stereocenters. The van der Waals surface area contributed by atoms with E-state index in [1.807, 2.05) is 4.98 Å². The number of nitrogens with one attached hydrogen (secondary N) is 3. The first-order valence-electron chi connectivity index (χ1n) is 4.93. The molecular weight excluding hydrogens is 246 g/mol. The number of aromatic nitrogens is 2. The van der Waals surface area contributed by atoms with Crippen LogP contribution < -0.4 is 16.6 Å². The zero-order valence-electron chi connectivity index (χ0n) is 9.10. The standard InChI is InChI=1S/C9H11N3O6/c13-5(8(16)17)1-2-10-7(15)4-3-6(14)12-9(18)11-4/h3,5,13H,1-2H2,(H,10,15)(H,16,17)(H2,11,12,14,18)/t5-/m0/s1. The van der Waals surface area contributed by atoms with E-state index in [0.29, 0.717) is 0 Å². The number of hydrogen-bond donors (Lipinski definition) is 5. The van der Waals surface area contributed by atoms with Gasteiger partial charge in [0.05, 0.1) is 0 Å². The number of aliphatic hydroxyl groups is 1. The first kappa shape index (κ1) is 13.6. The van der Waals surface area contributed by atoms with Crippen molar-refractivity contribution >= 4 is 11.9 Å². The van der Waals surface area contributed by atoms with Gasteiger partial charge in [-0.05, 0) is 0 Å². The van der Waals surface area contributed by atoms with Gasteiger partial charge in [0.25, 0.3) is 11.5 Å². The number of carboxylic acid groups (broad SMARTS) is 1. The van der Waals surface area contributed by atoms with Gasteiger partial charge in [-0.2, -0.15) is 0 Å². The summed E-state index contributed by atoms with van der Waals surface area (Å²) in [6.07, 6.45) is -1.77. The minimum atomic E-state index is -1.58. The highest BCUT2D eigenvalue weighted by molar-refractivity contribution is 5.92. The van der Waals surface area contributed by atoms with E-state index in [4.69, 9.17) is 10.2 Å². The molecule has 1 heterocycles. The summed E-state index contributed by atoms with van der Waals surface area (Å²) in [6, 6.07) is 0.893. The summed E-state index contributed by atoms with van der Waals surface area (Å²) in [4.78, 5) is 47.5. The Morgan fingerprint density at radius 3 is 2.56 bits per heavy atom. The summed E-state index contributed by atoms with van der Waals surface area (Å²) in [5.41, 5.74) is -1.79. The van der Waals surface area contributed by atoms with Crippen LogP contribution in [0.1, 0.15) is 16.9 Å². The van der Waals surface area contributed by atoms with Crippen LogP contribution in [0.4, 0.5) is 0 Å². The zero-order valence-corrected chi connectivity index (χ0v) is 9.10. The molecule has 9 nitrogen and oxygen atoms in total. The summed E-state index contributed by atoms with van der Waals surface area (Å²) in [5, 5.41) is 19.6. The Hall–Kier alpha value is -2.42. The number of carbonyl (C=O) groups is 2.